The maximum Gasteiger partial charge on any atom is 0.328 e. The van der Waals surface area contributed by atoms with Crippen molar-refractivity contribution in [3.05, 3.63) is 45.5 Å². The summed E-state index contributed by atoms with van der Waals surface area (Å²) in [4.78, 5) is 39.6. The minimum Gasteiger partial charge on any atom is -0.464 e. The van der Waals surface area contributed by atoms with E-state index < -0.39 is 6.04 Å². The SMILES string of the molecule is CCOC(=O)C1CCCCN1C(=O)c1cnn(-c2nccc(-c3cc(C)sc3C)n2)c1C1CC1. The summed E-state index contributed by atoms with van der Waals surface area (Å²) in [5.74, 6) is 0.215. The highest BCUT2D eigenvalue weighted by molar-refractivity contribution is 7.12. The van der Waals surface area contributed by atoms with Gasteiger partial charge in [0.1, 0.15) is 6.04 Å². The number of amides is 1. The number of esters is 1. The zero-order valence-corrected chi connectivity index (χ0v) is 20.6. The molecule has 1 aliphatic heterocycles. The first-order valence-electron chi connectivity index (χ1n) is 11.9. The van der Waals surface area contributed by atoms with E-state index in [1.807, 2.05) is 6.07 Å². The zero-order chi connectivity index (χ0) is 23.8. The van der Waals surface area contributed by atoms with Crippen molar-refractivity contribution in [1.82, 2.24) is 24.6 Å². The molecule has 4 heterocycles. The molecule has 1 unspecified atom stereocenters. The summed E-state index contributed by atoms with van der Waals surface area (Å²) in [5.41, 5.74) is 3.31. The van der Waals surface area contributed by atoms with E-state index in [4.69, 9.17) is 9.72 Å². The zero-order valence-electron chi connectivity index (χ0n) is 19.8. The van der Waals surface area contributed by atoms with E-state index in [-0.39, 0.29) is 17.8 Å². The van der Waals surface area contributed by atoms with Gasteiger partial charge in [0.05, 0.1) is 29.8 Å². The average molecular weight is 480 g/mol. The number of ether oxygens (including phenoxy) is 1. The van der Waals surface area contributed by atoms with Gasteiger partial charge in [0.25, 0.3) is 11.9 Å². The van der Waals surface area contributed by atoms with Gasteiger partial charge in [0, 0.05) is 34.0 Å². The van der Waals surface area contributed by atoms with Crippen LogP contribution in [0.3, 0.4) is 0 Å². The van der Waals surface area contributed by atoms with Gasteiger partial charge in [-0.05, 0) is 65.0 Å². The molecule has 1 saturated carbocycles. The van der Waals surface area contributed by atoms with Crippen molar-refractivity contribution in [2.75, 3.05) is 13.2 Å². The Balaban J connectivity index is 1.50. The maximum atomic E-state index is 13.7. The van der Waals surface area contributed by atoms with Crippen LogP contribution in [-0.2, 0) is 9.53 Å². The lowest BCUT2D eigenvalue weighted by Gasteiger charge is -2.34. The number of hydrogen-bond acceptors (Lipinski definition) is 7. The van der Waals surface area contributed by atoms with E-state index in [0.29, 0.717) is 31.1 Å². The molecular weight excluding hydrogens is 450 g/mol. The Hall–Kier alpha value is -3.07. The van der Waals surface area contributed by atoms with Gasteiger partial charge in [-0.25, -0.2) is 19.4 Å². The Labute approximate surface area is 203 Å². The highest BCUT2D eigenvalue weighted by Crippen LogP contribution is 2.43. The summed E-state index contributed by atoms with van der Waals surface area (Å²) in [5, 5.41) is 4.56. The van der Waals surface area contributed by atoms with Crippen LogP contribution in [0.25, 0.3) is 17.2 Å². The molecule has 0 aromatic carbocycles. The topological polar surface area (TPSA) is 90.2 Å². The third kappa shape index (κ3) is 4.24. The molecule has 1 amide bonds. The molecule has 8 nitrogen and oxygen atoms in total. The summed E-state index contributed by atoms with van der Waals surface area (Å²) in [6.07, 6.45) is 7.76. The largest absolute Gasteiger partial charge is 0.464 e. The number of rotatable bonds is 6. The van der Waals surface area contributed by atoms with E-state index >= 15 is 0 Å². The third-order valence-corrected chi connectivity index (χ3v) is 7.44. The number of likely N-dealkylation sites (tertiary alicyclic amines) is 1. The van der Waals surface area contributed by atoms with Gasteiger partial charge in [-0.15, -0.1) is 11.3 Å². The number of carbonyl (C=O) groups excluding carboxylic acids is 2. The highest BCUT2D eigenvalue weighted by atomic mass is 32.1. The van der Waals surface area contributed by atoms with E-state index in [1.54, 1.807) is 40.2 Å². The van der Waals surface area contributed by atoms with E-state index in [0.717, 1.165) is 42.6 Å². The first-order valence-corrected chi connectivity index (χ1v) is 12.8. The monoisotopic (exact) mass is 479 g/mol. The fraction of sp³-hybridized carbons (Fsp3) is 0.480. The van der Waals surface area contributed by atoms with Crippen LogP contribution in [0.4, 0.5) is 0 Å². The lowest BCUT2D eigenvalue weighted by molar-refractivity contribution is -0.149. The molecule has 2 fully saturated rings. The highest BCUT2D eigenvalue weighted by Gasteiger charge is 2.39. The van der Waals surface area contributed by atoms with Crippen LogP contribution in [0.15, 0.2) is 24.5 Å². The smallest absolute Gasteiger partial charge is 0.328 e. The van der Waals surface area contributed by atoms with Crippen LogP contribution in [-0.4, -0.2) is 55.7 Å². The van der Waals surface area contributed by atoms with Crippen molar-refractivity contribution >= 4 is 23.2 Å². The fourth-order valence-corrected chi connectivity index (χ4v) is 5.66. The molecule has 5 rings (SSSR count). The van der Waals surface area contributed by atoms with E-state index in [9.17, 15) is 9.59 Å². The molecule has 34 heavy (non-hydrogen) atoms. The number of hydrogen-bond donors (Lipinski definition) is 0. The summed E-state index contributed by atoms with van der Waals surface area (Å²) < 4.78 is 6.97. The van der Waals surface area contributed by atoms with Gasteiger partial charge < -0.3 is 9.64 Å². The number of thiophene rings is 1. The Morgan fingerprint density at radius 3 is 2.74 bits per heavy atom. The normalized spacial score (nSPS) is 18.2. The number of aromatic nitrogens is 4. The lowest BCUT2D eigenvalue weighted by atomic mass is 10.0. The van der Waals surface area contributed by atoms with Crippen molar-refractivity contribution < 1.29 is 14.3 Å². The summed E-state index contributed by atoms with van der Waals surface area (Å²) in [7, 11) is 0. The minimum absolute atomic E-state index is 0.161. The molecule has 0 bridgehead atoms. The first kappa shape index (κ1) is 22.7. The molecule has 3 aromatic rings. The third-order valence-electron chi connectivity index (χ3n) is 6.47. The molecule has 1 saturated heterocycles. The average Bonchev–Trinajstić information content (AvgIpc) is 3.49. The van der Waals surface area contributed by atoms with Gasteiger partial charge in [-0.2, -0.15) is 5.10 Å². The predicted molar refractivity (Wildman–Crippen MR) is 129 cm³/mol. The van der Waals surface area contributed by atoms with Crippen molar-refractivity contribution in [1.29, 1.82) is 0 Å². The van der Waals surface area contributed by atoms with Crippen LogP contribution < -0.4 is 0 Å². The Kier molecular flexibility index (Phi) is 6.20. The molecule has 0 radical (unpaired) electrons. The van der Waals surface area contributed by atoms with Gasteiger partial charge in [-0.3, -0.25) is 4.79 Å². The van der Waals surface area contributed by atoms with Gasteiger partial charge in [0.15, 0.2) is 0 Å². The number of carbonyl (C=O) groups is 2. The van der Waals surface area contributed by atoms with Gasteiger partial charge in [-0.1, -0.05) is 0 Å². The van der Waals surface area contributed by atoms with Gasteiger partial charge in [0.2, 0.25) is 0 Å². The number of aryl methyl sites for hydroxylation is 2. The second-order valence-electron chi connectivity index (χ2n) is 8.96. The fourth-order valence-electron chi connectivity index (χ4n) is 4.73. The summed E-state index contributed by atoms with van der Waals surface area (Å²) in [6, 6.07) is 3.50. The van der Waals surface area contributed by atoms with Crippen molar-refractivity contribution in [3.63, 3.8) is 0 Å². The summed E-state index contributed by atoms with van der Waals surface area (Å²) >= 11 is 1.74. The molecule has 0 N–H and O–H groups in total. The molecule has 1 aliphatic carbocycles. The minimum atomic E-state index is -0.541. The van der Waals surface area contributed by atoms with Crippen LogP contribution in [0.5, 0.6) is 0 Å². The second-order valence-corrected chi connectivity index (χ2v) is 10.4. The van der Waals surface area contributed by atoms with Crippen LogP contribution >= 0.6 is 11.3 Å². The Bertz CT molecular complexity index is 1230. The Morgan fingerprint density at radius 2 is 2.03 bits per heavy atom. The molecule has 1 atom stereocenters. The lowest BCUT2D eigenvalue weighted by Crippen LogP contribution is -2.48. The van der Waals surface area contributed by atoms with E-state index in [1.165, 1.54) is 9.75 Å². The van der Waals surface area contributed by atoms with Crippen LogP contribution in [0.2, 0.25) is 0 Å². The van der Waals surface area contributed by atoms with Crippen molar-refractivity contribution in [3.8, 4) is 17.2 Å². The molecule has 0 spiro atoms. The molecular formula is C25H29N5O3S. The standard InChI is InChI=1S/C25H29N5O3S/c1-4-33-24(32)21-7-5-6-12-29(21)23(31)19-14-27-30(22(19)17-8-9-17)25-26-11-10-20(28-25)18-13-15(2)34-16(18)3/h10-11,13-14,17,21H,4-9,12H2,1-3H3. The van der Waals surface area contributed by atoms with E-state index in [2.05, 4.69) is 30.0 Å². The molecule has 3 aromatic heterocycles. The quantitative estimate of drug-likeness (QED) is 0.486. The summed E-state index contributed by atoms with van der Waals surface area (Å²) in [6.45, 7) is 6.81. The molecule has 2 aliphatic rings. The number of nitrogens with zero attached hydrogens (tertiary/aromatic N) is 5. The van der Waals surface area contributed by atoms with Gasteiger partial charge >= 0.3 is 5.97 Å². The second kappa shape index (κ2) is 9.29. The predicted octanol–water partition coefficient (Wildman–Crippen LogP) is 4.44. The Morgan fingerprint density at radius 1 is 1.21 bits per heavy atom. The van der Waals surface area contributed by atoms with Crippen molar-refractivity contribution in [2.24, 2.45) is 0 Å². The van der Waals surface area contributed by atoms with Crippen molar-refractivity contribution in [2.45, 2.75) is 64.8 Å². The molecule has 9 heteroatoms. The molecule has 178 valence electrons. The first-order chi connectivity index (χ1) is 16.5. The maximum absolute atomic E-state index is 13.7. The number of piperidine rings is 1. The van der Waals surface area contributed by atoms with Crippen LogP contribution in [0, 0.1) is 13.8 Å². The van der Waals surface area contributed by atoms with Crippen LogP contribution in [0.1, 0.15) is 70.8 Å².